The summed E-state index contributed by atoms with van der Waals surface area (Å²) >= 11 is 0. The summed E-state index contributed by atoms with van der Waals surface area (Å²) in [5, 5.41) is 5.78. The Labute approximate surface area is 156 Å². The molecule has 0 saturated carbocycles. The second kappa shape index (κ2) is 7.10. The first-order valence-electron chi connectivity index (χ1n) is 9.52. The monoisotopic (exact) mass is 345 g/mol. The highest BCUT2D eigenvalue weighted by atomic mass is 15.5. The SMILES string of the molecule is CCc1ccc(C2=C(C3=CN(c4ccccc4)NC3)C(C)NC2)c(C)c1. The van der Waals surface area contributed by atoms with Gasteiger partial charge in [-0.15, -0.1) is 0 Å². The van der Waals surface area contributed by atoms with Gasteiger partial charge in [-0.05, 0) is 65.8 Å². The first kappa shape index (κ1) is 17.1. The molecule has 0 saturated heterocycles. The predicted octanol–water partition coefficient (Wildman–Crippen LogP) is 4.21. The number of hydrogen-bond acceptors (Lipinski definition) is 3. The first-order chi connectivity index (χ1) is 12.7. The zero-order chi connectivity index (χ0) is 18.1. The van der Waals surface area contributed by atoms with Crippen molar-refractivity contribution in [1.29, 1.82) is 0 Å². The van der Waals surface area contributed by atoms with Gasteiger partial charge in [0.25, 0.3) is 0 Å². The quantitative estimate of drug-likeness (QED) is 0.869. The molecule has 0 bridgehead atoms. The van der Waals surface area contributed by atoms with Crippen LogP contribution < -0.4 is 15.8 Å². The molecule has 26 heavy (non-hydrogen) atoms. The maximum absolute atomic E-state index is 3.64. The fraction of sp³-hybridized carbons (Fsp3) is 0.304. The van der Waals surface area contributed by atoms with Crippen molar-refractivity contribution in [3.63, 3.8) is 0 Å². The molecule has 3 heteroatoms. The molecular weight excluding hydrogens is 318 g/mol. The van der Waals surface area contributed by atoms with E-state index < -0.39 is 0 Å². The molecule has 2 aliphatic heterocycles. The summed E-state index contributed by atoms with van der Waals surface area (Å²) in [5.41, 5.74) is 13.1. The molecule has 0 spiro atoms. The molecule has 0 aliphatic carbocycles. The zero-order valence-corrected chi connectivity index (χ0v) is 15.8. The van der Waals surface area contributed by atoms with Crippen molar-refractivity contribution in [2.24, 2.45) is 0 Å². The number of para-hydroxylation sites is 1. The van der Waals surface area contributed by atoms with Crippen molar-refractivity contribution < 1.29 is 0 Å². The van der Waals surface area contributed by atoms with Crippen molar-refractivity contribution in [2.45, 2.75) is 33.2 Å². The molecule has 2 heterocycles. The summed E-state index contributed by atoms with van der Waals surface area (Å²) in [6.07, 6.45) is 3.34. The number of aryl methyl sites for hydroxylation is 2. The summed E-state index contributed by atoms with van der Waals surface area (Å²) in [6.45, 7) is 8.52. The lowest BCUT2D eigenvalue weighted by atomic mass is 9.91. The molecule has 1 unspecified atom stereocenters. The normalized spacial score (nSPS) is 20.0. The van der Waals surface area contributed by atoms with Crippen LogP contribution in [0.5, 0.6) is 0 Å². The van der Waals surface area contributed by atoms with Gasteiger partial charge >= 0.3 is 0 Å². The number of nitrogens with zero attached hydrogens (tertiary/aromatic N) is 1. The Bertz CT molecular complexity index is 864. The average Bonchev–Trinajstić information content (AvgIpc) is 3.29. The summed E-state index contributed by atoms with van der Waals surface area (Å²) in [4.78, 5) is 0. The van der Waals surface area contributed by atoms with Crippen LogP contribution in [-0.4, -0.2) is 19.1 Å². The van der Waals surface area contributed by atoms with E-state index in [0.29, 0.717) is 6.04 Å². The highest BCUT2D eigenvalue weighted by Crippen LogP contribution is 2.34. The van der Waals surface area contributed by atoms with E-state index in [0.717, 1.165) is 19.5 Å². The Morgan fingerprint density at radius 2 is 1.88 bits per heavy atom. The molecule has 0 aromatic heterocycles. The van der Waals surface area contributed by atoms with Gasteiger partial charge in [0.1, 0.15) is 0 Å². The second-order valence-electron chi connectivity index (χ2n) is 7.19. The van der Waals surface area contributed by atoms with Gasteiger partial charge in [-0.25, -0.2) is 5.43 Å². The molecule has 2 N–H and O–H groups in total. The first-order valence-corrected chi connectivity index (χ1v) is 9.52. The topological polar surface area (TPSA) is 27.3 Å². The molecule has 134 valence electrons. The van der Waals surface area contributed by atoms with E-state index in [4.69, 9.17) is 0 Å². The van der Waals surface area contributed by atoms with Gasteiger partial charge in [0, 0.05) is 25.3 Å². The van der Waals surface area contributed by atoms with E-state index in [9.17, 15) is 0 Å². The molecule has 0 radical (unpaired) electrons. The number of hydrazine groups is 1. The largest absolute Gasteiger partial charge is 0.306 e. The molecular formula is C23H27N3. The van der Waals surface area contributed by atoms with Crippen LogP contribution in [0.25, 0.3) is 5.57 Å². The van der Waals surface area contributed by atoms with Gasteiger partial charge in [-0.3, -0.25) is 5.01 Å². The Balaban J connectivity index is 1.72. The molecule has 0 amide bonds. The van der Waals surface area contributed by atoms with E-state index in [1.807, 2.05) is 0 Å². The minimum absolute atomic E-state index is 0.374. The summed E-state index contributed by atoms with van der Waals surface area (Å²) in [6, 6.07) is 17.7. The van der Waals surface area contributed by atoms with Gasteiger partial charge in [0.15, 0.2) is 0 Å². The fourth-order valence-electron chi connectivity index (χ4n) is 4.05. The fourth-order valence-corrected chi connectivity index (χ4v) is 4.05. The zero-order valence-electron chi connectivity index (χ0n) is 15.8. The van der Waals surface area contributed by atoms with Crippen molar-refractivity contribution in [1.82, 2.24) is 10.7 Å². The highest BCUT2D eigenvalue weighted by Gasteiger charge is 2.28. The molecule has 1 atom stereocenters. The lowest BCUT2D eigenvalue weighted by Gasteiger charge is -2.15. The average molecular weight is 345 g/mol. The summed E-state index contributed by atoms with van der Waals surface area (Å²) in [7, 11) is 0. The van der Waals surface area contributed by atoms with E-state index in [-0.39, 0.29) is 0 Å². The summed E-state index contributed by atoms with van der Waals surface area (Å²) < 4.78 is 0. The maximum Gasteiger partial charge on any atom is 0.0570 e. The van der Waals surface area contributed by atoms with Crippen LogP contribution in [0, 0.1) is 6.92 Å². The number of rotatable bonds is 4. The third-order valence-electron chi connectivity index (χ3n) is 5.47. The molecule has 0 fully saturated rings. The van der Waals surface area contributed by atoms with E-state index >= 15 is 0 Å². The van der Waals surface area contributed by atoms with Gasteiger partial charge in [-0.1, -0.05) is 43.3 Å². The van der Waals surface area contributed by atoms with Crippen LogP contribution >= 0.6 is 0 Å². The third kappa shape index (κ3) is 3.09. The molecule has 4 rings (SSSR count). The van der Waals surface area contributed by atoms with Crippen LogP contribution in [0.15, 0.2) is 65.9 Å². The highest BCUT2D eigenvalue weighted by molar-refractivity contribution is 5.79. The van der Waals surface area contributed by atoms with Crippen LogP contribution in [0.2, 0.25) is 0 Å². The lowest BCUT2D eigenvalue weighted by molar-refractivity contribution is 0.701. The van der Waals surface area contributed by atoms with Crippen LogP contribution in [0.4, 0.5) is 5.69 Å². The Hall–Kier alpha value is -2.36. The van der Waals surface area contributed by atoms with E-state index in [1.165, 1.54) is 39.1 Å². The van der Waals surface area contributed by atoms with Gasteiger partial charge < -0.3 is 5.32 Å². The van der Waals surface area contributed by atoms with Crippen molar-refractivity contribution in [3.05, 3.63) is 82.6 Å². The number of nitrogens with one attached hydrogen (secondary N) is 2. The predicted molar refractivity (Wildman–Crippen MR) is 110 cm³/mol. The van der Waals surface area contributed by atoms with Gasteiger partial charge in [-0.2, -0.15) is 0 Å². The molecule has 2 aromatic rings. The molecule has 2 aliphatic rings. The maximum atomic E-state index is 3.64. The van der Waals surface area contributed by atoms with E-state index in [2.05, 4.69) is 91.3 Å². The summed E-state index contributed by atoms with van der Waals surface area (Å²) in [5.74, 6) is 0. The third-order valence-corrected chi connectivity index (χ3v) is 5.47. The minimum Gasteiger partial charge on any atom is -0.306 e. The van der Waals surface area contributed by atoms with Crippen LogP contribution in [0.1, 0.15) is 30.5 Å². The van der Waals surface area contributed by atoms with Gasteiger partial charge in [0.2, 0.25) is 0 Å². The number of benzene rings is 2. The Morgan fingerprint density at radius 3 is 2.62 bits per heavy atom. The number of hydrogen-bond donors (Lipinski definition) is 2. The lowest BCUT2D eigenvalue weighted by Crippen LogP contribution is -2.28. The standard InChI is InChI=1S/C23H27N3/c1-4-18-10-11-21(16(2)12-18)22-14-24-17(3)23(22)19-13-25-26(15-19)20-8-6-5-7-9-20/h5-12,15,17,24-25H,4,13-14H2,1-3H3. The van der Waals surface area contributed by atoms with Crippen molar-refractivity contribution >= 4 is 11.3 Å². The molecule has 2 aromatic carbocycles. The minimum atomic E-state index is 0.374. The van der Waals surface area contributed by atoms with Crippen molar-refractivity contribution in [2.75, 3.05) is 18.1 Å². The Kier molecular flexibility index (Phi) is 4.66. The van der Waals surface area contributed by atoms with E-state index in [1.54, 1.807) is 0 Å². The molecule has 3 nitrogen and oxygen atoms in total. The Morgan fingerprint density at radius 1 is 1.08 bits per heavy atom. The van der Waals surface area contributed by atoms with Gasteiger partial charge in [0.05, 0.1) is 5.69 Å². The van der Waals surface area contributed by atoms with Crippen LogP contribution in [-0.2, 0) is 6.42 Å². The number of anilines is 1. The van der Waals surface area contributed by atoms with Crippen molar-refractivity contribution in [3.8, 4) is 0 Å². The van der Waals surface area contributed by atoms with Crippen LogP contribution in [0.3, 0.4) is 0 Å². The second-order valence-corrected chi connectivity index (χ2v) is 7.19. The smallest absolute Gasteiger partial charge is 0.0570 e.